The largest absolute Gasteiger partial charge is 0.313 e. The van der Waals surface area contributed by atoms with Crippen LogP contribution in [0, 0.1) is 5.92 Å². The maximum absolute atomic E-state index is 3.80. The van der Waals surface area contributed by atoms with Crippen molar-refractivity contribution in [3.8, 4) is 0 Å². The lowest BCUT2D eigenvalue weighted by molar-refractivity contribution is 0.155. The number of rotatable bonds is 6. The summed E-state index contributed by atoms with van der Waals surface area (Å²) in [6.07, 6.45) is 8.49. The number of nitrogens with one attached hydrogen (secondary N) is 1. The second-order valence-electron chi connectivity index (χ2n) is 6.79. The molecule has 2 fully saturated rings. The van der Waals surface area contributed by atoms with E-state index < -0.39 is 0 Å². The van der Waals surface area contributed by atoms with Gasteiger partial charge in [-0.2, -0.15) is 0 Å². The average Bonchev–Trinajstić information content (AvgIpc) is 2.76. The molecule has 0 aromatic rings. The number of hydrogen-bond donors (Lipinski definition) is 1. The van der Waals surface area contributed by atoms with E-state index in [-0.39, 0.29) is 0 Å². The Hall–Kier alpha value is -0.120. The molecule has 2 aliphatic heterocycles. The molecule has 0 aromatic heterocycles. The molecule has 0 saturated carbocycles. The topological polar surface area (TPSA) is 18.5 Å². The van der Waals surface area contributed by atoms with Crippen LogP contribution in [0.25, 0.3) is 0 Å². The Bertz CT molecular complexity index is 249. The Morgan fingerprint density at radius 3 is 2.40 bits per heavy atom. The third-order valence-corrected chi connectivity index (χ3v) is 5.29. The molecule has 2 unspecified atom stereocenters. The van der Waals surface area contributed by atoms with Gasteiger partial charge in [0.25, 0.3) is 0 Å². The molecule has 0 amide bonds. The fraction of sp³-hybridized carbons (Fsp3) is 1.00. The van der Waals surface area contributed by atoms with Gasteiger partial charge >= 0.3 is 0 Å². The highest BCUT2D eigenvalue weighted by molar-refractivity contribution is 4.80. The van der Waals surface area contributed by atoms with E-state index in [1.165, 1.54) is 84.3 Å². The Morgan fingerprint density at radius 2 is 1.70 bits per heavy atom. The zero-order chi connectivity index (χ0) is 14.2. The number of piperidine rings is 1. The smallest absolute Gasteiger partial charge is 0.0107 e. The van der Waals surface area contributed by atoms with E-state index in [4.69, 9.17) is 0 Å². The van der Waals surface area contributed by atoms with E-state index in [2.05, 4.69) is 29.0 Å². The average molecular weight is 281 g/mol. The molecule has 0 spiro atoms. The summed E-state index contributed by atoms with van der Waals surface area (Å²) < 4.78 is 0. The Kier molecular flexibility index (Phi) is 7.32. The highest BCUT2D eigenvalue weighted by Gasteiger charge is 2.23. The number of likely N-dealkylation sites (tertiary alicyclic amines) is 2. The first kappa shape index (κ1) is 16.3. The van der Waals surface area contributed by atoms with Crippen molar-refractivity contribution in [2.75, 3.05) is 45.8 Å². The predicted molar refractivity (Wildman–Crippen MR) is 87.2 cm³/mol. The van der Waals surface area contributed by atoms with Crippen molar-refractivity contribution in [2.45, 2.75) is 58.4 Å². The fourth-order valence-electron chi connectivity index (χ4n) is 3.76. The molecule has 0 aliphatic carbocycles. The van der Waals surface area contributed by atoms with Crippen molar-refractivity contribution in [1.82, 2.24) is 15.1 Å². The van der Waals surface area contributed by atoms with Crippen LogP contribution >= 0.6 is 0 Å². The summed E-state index contributed by atoms with van der Waals surface area (Å²) in [6, 6.07) is 0.677. The van der Waals surface area contributed by atoms with Crippen LogP contribution in [0.4, 0.5) is 0 Å². The van der Waals surface area contributed by atoms with Crippen molar-refractivity contribution in [3.63, 3.8) is 0 Å². The molecule has 2 atom stereocenters. The predicted octanol–water partition coefficient (Wildman–Crippen LogP) is 2.57. The molecule has 2 saturated heterocycles. The molecule has 20 heavy (non-hydrogen) atoms. The summed E-state index contributed by atoms with van der Waals surface area (Å²) in [7, 11) is 0. The molecule has 118 valence electrons. The van der Waals surface area contributed by atoms with E-state index in [1.54, 1.807) is 0 Å². The van der Waals surface area contributed by atoms with Crippen LogP contribution in [-0.2, 0) is 0 Å². The fourth-order valence-corrected chi connectivity index (χ4v) is 3.76. The van der Waals surface area contributed by atoms with Crippen LogP contribution in [0.3, 0.4) is 0 Å². The minimum absolute atomic E-state index is 0.677. The van der Waals surface area contributed by atoms with E-state index in [0.717, 1.165) is 5.92 Å². The minimum atomic E-state index is 0.677. The first-order chi connectivity index (χ1) is 9.79. The van der Waals surface area contributed by atoms with Gasteiger partial charge in [0.2, 0.25) is 0 Å². The van der Waals surface area contributed by atoms with Crippen LogP contribution in [0.2, 0.25) is 0 Å². The monoisotopic (exact) mass is 281 g/mol. The van der Waals surface area contributed by atoms with Crippen molar-refractivity contribution in [3.05, 3.63) is 0 Å². The Morgan fingerprint density at radius 1 is 1.00 bits per heavy atom. The summed E-state index contributed by atoms with van der Waals surface area (Å²) >= 11 is 0. The van der Waals surface area contributed by atoms with E-state index in [0.29, 0.717) is 6.04 Å². The summed E-state index contributed by atoms with van der Waals surface area (Å²) in [4.78, 5) is 5.27. The zero-order valence-electron chi connectivity index (χ0n) is 13.7. The van der Waals surface area contributed by atoms with Crippen LogP contribution < -0.4 is 5.32 Å². The van der Waals surface area contributed by atoms with Crippen LogP contribution in [0.5, 0.6) is 0 Å². The van der Waals surface area contributed by atoms with Gasteiger partial charge < -0.3 is 15.1 Å². The molecular weight excluding hydrogens is 246 g/mol. The molecule has 3 nitrogen and oxygen atoms in total. The summed E-state index contributed by atoms with van der Waals surface area (Å²) in [5.74, 6) is 0.854. The SMILES string of the molecule is CCN1CCCC(C(C)NCCN2CCCCCC2)C1. The van der Waals surface area contributed by atoms with Gasteiger partial charge in [0.1, 0.15) is 0 Å². The van der Waals surface area contributed by atoms with Crippen molar-refractivity contribution in [1.29, 1.82) is 0 Å². The van der Waals surface area contributed by atoms with Crippen LogP contribution in [0.15, 0.2) is 0 Å². The normalized spacial score (nSPS) is 28.2. The summed E-state index contributed by atoms with van der Waals surface area (Å²) in [5, 5.41) is 3.80. The molecule has 1 N–H and O–H groups in total. The second kappa shape index (κ2) is 9.01. The minimum Gasteiger partial charge on any atom is -0.313 e. The lowest BCUT2D eigenvalue weighted by Crippen LogP contribution is -2.46. The summed E-state index contributed by atoms with van der Waals surface area (Å²) in [6.45, 7) is 13.6. The second-order valence-corrected chi connectivity index (χ2v) is 6.79. The first-order valence-corrected chi connectivity index (χ1v) is 8.97. The summed E-state index contributed by atoms with van der Waals surface area (Å²) in [5.41, 5.74) is 0. The third kappa shape index (κ3) is 5.34. The molecule has 3 heteroatoms. The van der Waals surface area contributed by atoms with Crippen molar-refractivity contribution < 1.29 is 0 Å². The van der Waals surface area contributed by atoms with Gasteiger partial charge in [0, 0.05) is 25.7 Å². The maximum Gasteiger partial charge on any atom is 0.0107 e. The molecular formula is C17H35N3. The lowest BCUT2D eigenvalue weighted by atomic mass is 9.91. The van der Waals surface area contributed by atoms with Gasteiger partial charge in [-0.1, -0.05) is 19.8 Å². The highest BCUT2D eigenvalue weighted by atomic mass is 15.1. The molecule has 0 radical (unpaired) electrons. The highest BCUT2D eigenvalue weighted by Crippen LogP contribution is 2.19. The van der Waals surface area contributed by atoms with Gasteiger partial charge in [-0.15, -0.1) is 0 Å². The van der Waals surface area contributed by atoms with Crippen molar-refractivity contribution >= 4 is 0 Å². The molecule has 2 rings (SSSR count). The molecule has 0 bridgehead atoms. The lowest BCUT2D eigenvalue weighted by Gasteiger charge is -2.35. The molecule has 0 aromatic carbocycles. The quantitative estimate of drug-likeness (QED) is 0.807. The first-order valence-electron chi connectivity index (χ1n) is 8.97. The van der Waals surface area contributed by atoms with Crippen molar-refractivity contribution in [2.24, 2.45) is 5.92 Å². The van der Waals surface area contributed by atoms with Crippen LogP contribution in [-0.4, -0.2) is 61.7 Å². The van der Waals surface area contributed by atoms with Gasteiger partial charge in [-0.25, -0.2) is 0 Å². The van der Waals surface area contributed by atoms with Crippen LogP contribution in [0.1, 0.15) is 52.4 Å². The maximum atomic E-state index is 3.80. The Labute approximate surface area is 126 Å². The van der Waals surface area contributed by atoms with Gasteiger partial charge in [0.05, 0.1) is 0 Å². The van der Waals surface area contributed by atoms with Gasteiger partial charge in [-0.05, 0) is 64.7 Å². The zero-order valence-corrected chi connectivity index (χ0v) is 13.7. The number of hydrogen-bond acceptors (Lipinski definition) is 3. The standard InChI is InChI=1S/C17H35N3/c1-3-19-13-8-9-17(15-19)16(2)18-10-14-20-11-6-4-5-7-12-20/h16-18H,3-15H2,1-2H3. The Balaban J connectivity index is 1.62. The molecule has 2 aliphatic rings. The molecule has 2 heterocycles. The van der Waals surface area contributed by atoms with Gasteiger partial charge in [0.15, 0.2) is 0 Å². The van der Waals surface area contributed by atoms with E-state index in [1.807, 2.05) is 0 Å². The van der Waals surface area contributed by atoms with E-state index >= 15 is 0 Å². The van der Waals surface area contributed by atoms with Gasteiger partial charge in [-0.3, -0.25) is 0 Å². The number of nitrogens with zero attached hydrogens (tertiary/aromatic N) is 2. The van der Waals surface area contributed by atoms with E-state index in [9.17, 15) is 0 Å². The third-order valence-electron chi connectivity index (χ3n) is 5.29.